The van der Waals surface area contributed by atoms with Crippen LogP contribution in [0.1, 0.15) is 26.5 Å². The highest BCUT2D eigenvalue weighted by molar-refractivity contribution is 7.15. The molecule has 0 aliphatic heterocycles. The summed E-state index contributed by atoms with van der Waals surface area (Å²) in [5.74, 6) is 0.621. The third-order valence-electron chi connectivity index (χ3n) is 4.59. The lowest BCUT2D eigenvalue weighted by Crippen LogP contribution is -2.25. The van der Waals surface area contributed by atoms with Crippen molar-refractivity contribution in [2.24, 2.45) is 0 Å². The molecule has 0 aliphatic rings. The summed E-state index contributed by atoms with van der Waals surface area (Å²) in [5, 5.41) is 7.65. The standard InChI is InChI=1S/C21H21N5O2S/c1-12-7-8-17(29-12)16-10-15(18-13(2)25-28-21(18)24-16)20(27)23-11-14-6-5-9-22-19(14)26(3)4/h5-10H,11H2,1-4H3,(H,23,27). The molecule has 148 valence electrons. The van der Waals surface area contributed by atoms with Gasteiger partial charge in [0.05, 0.1) is 27.2 Å². The molecule has 4 aromatic rings. The number of aryl methyl sites for hydroxylation is 2. The number of fused-ring (bicyclic) bond motifs is 1. The van der Waals surface area contributed by atoms with Crippen LogP contribution in [0.2, 0.25) is 0 Å². The van der Waals surface area contributed by atoms with E-state index in [1.54, 1.807) is 17.5 Å². The van der Waals surface area contributed by atoms with E-state index in [2.05, 4.69) is 20.4 Å². The summed E-state index contributed by atoms with van der Waals surface area (Å²) in [6, 6.07) is 9.65. The first kappa shape index (κ1) is 19.1. The predicted molar refractivity (Wildman–Crippen MR) is 114 cm³/mol. The summed E-state index contributed by atoms with van der Waals surface area (Å²) in [6.07, 6.45) is 1.74. The third-order valence-corrected chi connectivity index (χ3v) is 5.61. The Kier molecular flexibility index (Phi) is 5.02. The smallest absolute Gasteiger partial charge is 0.259 e. The van der Waals surface area contributed by atoms with E-state index in [9.17, 15) is 4.79 Å². The van der Waals surface area contributed by atoms with Crippen molar-refractivity contribution in [2.75, 3.05) is 19.0 Å². The van der Waals surface area contributed by atoms with Gasteiger partial charge in [-0.3, -0.25) is 4.79 Å². The van der Waals surface area contributed by atoms with Crippen LogP contribution in [0.3, 0.4) is 0 Å². The predicted octanol–water partition coefficient (Wildman–Crippen LogP) is 3.96. The summed E-state index contributed by atoms with van der Waals surface area (Å²) < 4.78 is 5.37. The monoisotopic (exact) mass is 407 g/mol. The van der Waals surface area contributed by atoms with Gasteiger partial charge in [0.25, 0.3) is 11.6 Å². The summed E-state index contributed by atoms with van der Waals surface area (Å²) in [6.45, 7) is 4.21. The zero-order valence-electron chi connectivity index (χ0n) is 16.7. The SMILES string of the molecule is Cc1ccc(-c2cc(C(=O)NCc3cccnc3N(C)C)c3c(C)noc3n2)s1. The molecule has 0 aliphatic carbocycles. The van der Waals surface area contributed by atoms with E-state index in [-0.39, 0.29) is 5.91 Å². The Morgan fingerprint density at radius 2 is 2.07 bits per heavy atom. The van der Waals surface area contributed by atoms with Crippen LogP contribution in [0.5, 0.6) is 0 Å². The number of nitrogens with zero attached hydrogens (tertiary/aromatic N) is 4. The van der Waals surface area contributed by atoms with Crippen molar-refractivity contribution in [3.05, 3.63) is 58.2 Å². The third kappa shape index (κ3) is 3.71. The van der Waals surface area contributed by atoms with Gasteiger partial charge in [0.15, 0.2) is 0 Å². The van der Waals surface area contributed by atoms with Gasteiger partial charge in [0.1, 0.15) is 5.82 Å². The van der Waals surface area contributed by atoms with Crippen LogP contribution in [-0.4, -0.2) is 35.1 Å². The van der Waals surface area contributed by atoms with E-state index in [0.29, 0.717) is 34.6 Å². The van der Waals surface area contributed by atoms with Gasteiger partial charge in [0, 0.05) is 37.3 Å². The van der Waals surface area contributed by atoms with Crippen LogP contribution >= 0.6 is 11.3 Å². The highest BCUT2D eigenvalue weighted by Crippen LogP contribution is 2.31. The molecule has 29 heavy (non-hydrogen) atoms. The lowest BCUT2D eigenvalue weighted by Gasteiger charge is -2.16. The molecule has 0 aromatic carbocycles. The second-order valence-corrected chi connectivity index (χ2v) is 8.26. The Labute approximate surface area is 172 Å². The first-order valence-corrected chi connectivity index (χ1v) is 9.99. The minimum atomic E-state index is -0.202. The summed E-state index contributed by atoms with van der Waals surface area (Å²) >= 11 is 1.62. The van der Waals surface area contributed by atoms with E-state index >= 15 is 0 Å². The molecule has 1 amide bonds. The summed E-state index contributed by atoms with van der Waals surface area (Å²) in [4.78, 5) is 26.1. The van der Waals surface area contributed by atoms with Gasteiger partial charge in [-0.2, -0.15) is 0 Å². The molecule has 4 aromatic heterocycles. The molecule has 7 nitrogen and oxygen atoms in total. The maximum Gasteiger partial charge on any atom is 0.259 e. The molecule has 0 unspecified atom stereocenters. The van der Waals surface area contributed by atoms with E-state index in [4.69, 9.17) is 4.52 Å². The Bertz CT molecular complexity index is 1190. The van der Waals surface area contributed by atoms with Gasteiger partial charge in [-0.1, -0.05) is 11.2 Å². The number of carbonyl (C=O) groups excluding carboxylic acids is 1. The molecule has 4 rings (SSSR count). The molecular formula is C21H21N5O2S. The maximum atomic E-state index is 13.1. The van der Waals surface area contributed by atoms with E-state index in [1.807, 2.05) is 63.2 Å². The lowest BCUT2D eigenvalue weighted by molar-refractivity contribution is 0.0952. The van der Waals surface area contributed by atoms with Crippen molar-refractivity contribution in [3.63, 3.8) is 0 Å². The van der Waals surface area contributed by atoms with Gasteiger partial charge in [-0.15, -0.1) is 11.3 Å². The average molecular weight is 407 g/mol. The minimum absolute atomic E-state index is 0.202. The number of amides is 1. The Morgan fingerprint density at radius 1 is 1.24 bits per heavy atom. The van der Waals surface area contributed by atoms with Crippen molar-refractivity contribution < 1.29 is 9.32 Å². The van der Waals surface area contributed by atoms with Gasteiger partial charge in [0.2, 0.25) is 0 Å². The molecule has 0 saturated carbocycles. The molecule has 0 fully saturated rings. The number of pyridine rings is 2. The molecule has 8 heteroatoms. The molecule has 0 spiro atoms. The van der Waals surface area contributed by atoms with E-state index in [1.165, 1.54) is 4.88 Å². The second kappa shape index (κ2) is 7.63. The number of hydrogen-bond acceptors (Lipinski definition) is 7. The van der Waals surface area contributed by atoms with E-state index < -0.39 is 0 Å². The first-order valence-electron chi connectivity index (χ1n) is 9.17. The van der Waals surface area contributed by atoms with Gasteiger partial charge in [-0.25, -0.2) is 9.97 Å². The van der Waals surface area contributed by atoms with Crippen LogP contribution in [0.25, 0.3) is 21.7 Å². The number of nitrogens with one attached hydrogen (secondary N) is 1. The molecule has 1 N–H and O–H groups in total. The molecule has 0 radical (unpaired) electrons. The minimum Gasteiger partial charge on any atom is -0.362 e. The van der Waals surface area contributed by atoms with E-state index in [0.717, 1.165) is 16.3 Å². The molecule has 0 bridgehead atoms. The molecule has 0 saturated heterocycles. The summed E-state index contributed by atoms with van der Waals surface area (Å²) in [5.41, 5.74) is 3.15. The number of rotatable bonds is 5. The van der Waals surface area contributed by atoms with Crippen molar-refractivity contribution >= 4 is 34.2 Å². The molecule has 4 heterocycles. The zero-order valence-corrected chi connectivity index (χ0v) is 17.5. The number of thiophene rings is 1. The Balaban J connectivity index is 1.69. The quantitative estimate of drug-likeness (QED) is 0.539. The number of carbonyl (C=O) groups is 1. The fraction of sp³-hybridized carbons (Fsp3) is 0.238. The van der Waals surface area contributed by atoms with Crippen LogP contribution in [-0.2, 0) is 6.54 Å². The fourth-order valence-corrected chi connectivity index (χ4v) is 4.04. The number of anilines is 1. The lowest BCUT2D eigenvalue weighted by atomic mass is 10.1. The highest BCUT2D eigenvalue weighted by atomic mass is 32.1. The van der Waals surface area contributed by atoms with Gasteiger partial charge in [-0.05, 0) is 38.1 Å². The largest absolute Gasteiger partial charge is 0.362 e. The first-order chi connectivity index (χ1) is 13.9. The second-order valence-electron chi connectivity index (χ2n) is 6.98. The Morgan fingerprint density at radius 3 is 2.79 bits per heavy atom. The van der Waals surface area contributed by atoms with Crippen molar-refractivity contribution in [1.82, 2.24) is 20.4 Å². The van der Waals surface area contributed by atoms with Crippen LogP contribution in [0.15, 0.2) is 41.1 Å². The summed E-state index contributed by atoms with van der Waals surface area (Å²) in [7, 11) is 3.85. The van der Waals surface area contributed by atoms with Crippen molar-refractivity contribution in [3.8, 4) is 10.6 Å². The zero-order chi connectivity index (χ0) is 20.5. The highest BCUT2D eigenvalue weighted by Gasteiger charge is 2.20. The normalized spacial score (nSPS) is 11.0. The van der Waals surface area contributed by atoms with Crippen LogP contribution in [0.4, 0.5) is 5.82 Å². The fourth-order valence-electron chi connectivity index (χ4n) is 3.21. The van der Waals surface area contributed by atoms with Gasteiger partial charge >= 0.3 is 0 Å². The van der Waals surface area contributed by atoms with Crippen LogP contribution < -0.4 is 10.2 Å². The number of hydrogen-bond donors (Lipinski definition) is 1. The van der Waals surface area contributed by atoms with Gasteiger partial charge < -0.3 is 14.7 Å². The maximum absolute atomic E-state index is 13.1. The van der Waals surface area contributed by atoms with Crippen molar-refractivity contribution in [1.29, 1.82) is 0 Å². The van der Waals surface area contributed by atoms with Crippen LogP contribution in [0, 0.1) is 13.8 Å². The topological polar surface area (TPSA) is 84.2 Å². The number of aromatic nitrogens is 3. The molecular weight excluding hydrogens is 386 g/mol. The average Bonchev–Trinajstić information content (AvgIpc) is 3.31. The Hall–Kier alpha value is -3.26. The molecule has 0 atom stereocenters. The van der Waals surface area contributed by atoms with Crippen molar-refractivity contribution in [2.45, 2.75) is 20.4 Å².